The van der Waals surface area contributed by atoms with Gasteiger partial charge < -0.3 is 5.11 Å². The van der Waals surface area contributed by atoms with Crippen LogP contribution < -0.4 is 15.6 Å². The molecule has 0 aliphatic carbocycles. The summed E-state index contributed by atoms with van der Waals surface area (Å²) in [7, 11) is -3.85. The first-order valence-corrected chi connectivity index (χ1v) is 10.0. The van der Waals surface area contributed by atoms with Crippen LogP contribution in [0.25, 0.3) is 0 Å². The number of carbonyl (C=O) groups is 2. The Hall–Kier alpha value is -2.43. The molecule has 0 unspecified atom stereocenters. The van der Waals surface area contributed by atoms with E-state index in [0.29, 0.717) is 0 Å². The molecule has 0 spiro atoms. The summed E-state index contributed by atoms with van der Waals surface area (Å²) in [6.07, 6.45) is 0. The molecule has 26 heavy (non-hydrogen) atoms. The Morgan fingerprint density at radius 3 is 2.35 bits per heavy atom. The third-order valence-corrected chi connectivity index (χ3v) is 6.28. The number of phenolic OH excluding ortho intramolecular Hbond substituents is 1. The molecule has 0 saturated carbocycles. The number of rotatable bonds is 6. The second-order valence-electron chi connectivity index (χ2n) is 5.74. The first kappa shape index (κ1) is 19.9. The minimum absolute atomic E-state index is 0.0203. The number of thiophene rings is 1. The van der Waals surface area contributed by atoms with Crippen LogP contribution in [-0.2, 0) is 14.8 Å². The van der Waals surface area contributed by atoms with Crippen molar-refractivity contribution in [3.63, 3.8) is 0 Å². The quantitative estimate of drug-likeness (QED) is 0.546. The van der Waals surface area contributed by atoms with E-state index in [1.165, 1.54) is 18.2 Å². The zero-order chi connectivity index (χ0) is 19.3. The molecule has 1 atom stereocenters. The van der Waals surface area contributed by atoms with Crippen LogP contribution in [0.15, 0.2) is 46.0 Å². The van der Waals surface area contributed by atoms with Crippen LogP contribution in [0.4, 0.5) is 0 Å². The van der Waals surface area contributed by atoms with Crippen molar-refractivity contribution >= 4 is 33.2 Å². The maximum absolute atomic E-state index is 12.3. The van der Waals surface area contributed by atoms with Gasteiger partial charge in [-0.05, 0) is 29.5 Å². The molecule has 2 amide bonds. The highest BCUT2D eigenvalue weighted by atomic mass is 32.2. The SMILES string of the molecule is CC(C)[C@@H](NS(=O)(=O)c1cccs1)C(=O)NNC(=O)c1ccccc1O. The Bertz CT molecular complexity index is 879. The van der Waals surface area contributed by atoms with Gasteiger partial charge in [-0.25, -0.2) is 8.42 Å². The minimum atomic E-state index is -3.85. The van der Waals surface area contributed by atoms with Crippen molar-refractivity contribution < 1.29 is 23.1 Å². The van der Waals surface area contributed by atoms with Gasteiger partial charge in [0.25, 0.3) is 21.8 Å². The second-order valence-corrected chi connectivity index (χ2v) is 8.62. The number of hydrogen-bond donors (Lipinski definition) is 4. The number of carbonyl (C=O) groups excluding carboxylic acids is 2. The van der Waals surface area contributed by atoms with Gasteiger partial charge in [0.15, 0.2) is 0 Å². The highest BCUT2D eigenvalue weighted by Gasteiger charge is 2.29. The summed E-state index contributed by atoms with van der Waals surface area (Å²) in [5, 5.41) is 11.3. The summed E-state index contributed by atoms with van der Waals surface area (Å²) in [6.45, 7) is 3.35. The van der Waals surface area contributed by atoms with Crippen molar-refractivity contribution in [1.82, 2.24) is 15.6 Å². The molecule has 0 aliphatic rings. The average Bonchev–Trinajstić information content (AvgIpc) is 3.13. The van der Waals surface area contributed by atoms with Crippen LogP contribution >= 0.6 is 11.3 Å². The lowest BCUT2D eigenvalue weighted by atomic mass is 10.1. The van der Waals surface area contributed by atoms with E-state index in [2.05, 4.69) is 15.6 Å². The van der Waals surface area contributed by atoms with Crippen molar-refractivity contribution in [3.05, 3.63) is 47.3 Å². The highest BCUT2D eigenvalue weighted by molar-refractivity contribution is 7.91. The van der Waals surface area contributed by atoms with Crippen molar-refractivity contribution in [3.8, 4) is 5.75 Å². The molecule has 0 fully saturated rings. The topological polar surface area (TPSA) is 125 Å². The van der Waals surface area contributed by atoms with Crippen LogP contribution in [0.1, 0.15) is 24.2 Å². The van der Waals surface area contributed by atoms with Gasteiger partial charge in [-0.2, -0.15) is 4.72 Å². The predicted molar refractivity (Wildman–Crippen MR) is 97.0 cm³/mol. The fourth-order valence-corrected chi connectivity index (χ4v) is 4.42. The number of phenols is 1. The van der Waals surface area contributed by atoms with Gasteiger partial charge in [0.2, 0.25) is 0 Å². The van der Waals surface area contributed by atoms with Crippen molar-refractivity contribution in [2.75, 3.05) is 0 Å². The zero-order valence-electron chi connectivity index (χ0n) is 14.1. The van der Waals surface area contributed by atoms with Gasteiger partial charge in [0.1, 0.15) is 16.0 Å². The third kappa shape index (κ3) is 4.81. The van der Waals surface area contributed by atoms with Crippen LogP contribution in [0.5, 0.6) is 5.75 Å². The first-order valence-electron chi connectivity index (χ1n) is 7.66. The molecule has 0 radical (unpaired) electrons. The van der Waals surface area contributed by atoms with Gasteiger partial charge in [0.05, 0.1) is 5.56 Å². The van der Waals surface area contributed by atoms with E-state index in [0.717, 1.165) is 11.3 Å². The number of para-hydroxylation sites is 1. The van der Waals surface area contributed by atoms with Crippen molar-refractivity contribution in [1.29, 1.82) is 0 Å². The van der Waals surface area contributed by atoms with E-state index in [1.807, 2.05) is 0 Å². The lowest BCUT2D eigenvalue weighted by Crippen LogP contribution is -2.54. The highest BCUT2D eigenvalue weighted by Crippen LogP contribution is 2.17. The normalized spacial score (nSPS) is 12.6. The molecule has 8 nitrogen and oxygen atoms in total. The summed E-state index contributed by atoms with van der Waals surface area (Å²) < 4.78 is 27.1. The lowest BCUT2D eigenvalue weighted by molar-refractivity contribution is -0.124. The summed E-state index contributed by atoms with van der Waals surface area (Å²) in [4.78, 5) is 24.4. The van der Waals surface area contributed by atoms with Gasteiger partial charge in [0, 0.05) is 0 Å². The zero-order valence-corrected chi connectivity index (χ0v) is 15.7. The number of sulfonamides is 1. The summed E-state index contributed by atoms with van der Waals surface area (Å²) in [5.74, 6) is -2.05. The van der Waals surface area contributed by atoms with Crippen LogP contribution in [0.3, 0.4) is 0 Å². The Morgan fingerprint density at radius 1 is 1.08 bits per heavy atom. The lowest BCUT2D eigenvalue weighted by Gasteiger charge is -2.21. The minimum Gasteiger partial charge on any atom is -0.507 e. The molecule has 140 valence electrons. The number of aromatic hydroxyl groups is 1. The molecule has 1 aromatic carbocycles. The maximum Gasteiger partial charge on any atom is 0.273 e. The number of nitrogens with one attached hydrogen (secondary N) is 3. The third-order valence-electron chi connectivity index (χ3n) is 3.44. The van der Waals surface area contributed by atoms with Crippen LogP contribution in [0, 0.1) is 5.92 Å². The van der Waals surface area contributed by atoms with E-state index in [9.17, 15) is 23.1 Å². The molecule has 1 heterocycles. The fourth-order valence-electron chi connectivity index (χ4n) is 2.06. The second kappa shape index (κ2) is 8.30. The van der Waals surface area contributed by atoms with Crippen LogP contribution in [0.2, 0.25) is 0 Å². The largest absolute Gasteiger partial charge is 0.507 e. The Kier molecular flexibility index (Phi) is 6.35. The summed E-state index contributed by atoms with van der Waals surface area (Å²) >= 11 is 1.03. The van der Waals surface area contributed by atoms with Crippen molar-refractivity contribution in [2.24, 2.45) is 5.92 Å². The molecular weight excluding hydrogens is 378 g/mol. The van der Waals surface area contributed by atoms with Gasteiger partial charge in [-0.15, -0.1) is 11.3 Å². The van der Waals surface area contributed by atoms with E-state index < -0.39 is 27.9 Å². The maximum atomic E-state index is 12.3. The molecular formula is C16H19N3O5S2. The summed E-state index contributed by atoms with van der Waals surface area (Å²) in [6, 6.07) is 7.77. The molecule has 2 rings (SSSR count). The monoisotopic (exact) mass is 397 g/mol. The number of hydrazine groups is 1. The summed E-state index contributed by atoms with van der Waals surface area (Å²) in [5.41, 5.74) is 4.33. The number of amides is 2. The van der Waals surface area contributed by atoms with E-state index in [4.69, 9.17) is 0 Å². The Morgan fingerprint density at radius 2 is 1.77 bits per heavy atom. The van der Waals surface area contributed by atoms with Crippen LogP contribution in [-0.4, -0.2) is 31.4 Å². The molecule has 0 saturated heterocycles. The van der Waals surface area contributed by atoms with E-state index in [-0.39, 0.29) is 21.4 Å². The van der Waals surface area contributed by atoms with Gasteiger partial charge in [-0.1, -0.05) is 32.0 Å². The predicted octanol–water partition coefficient (Wildman–Crippen LogP) is 1.22. The Balaban J connectivity index is 2.05. The molecule has 1 aromatic heterocycles. The average molecular weight is 397 g/mol. The standard InChI is InChI=1S/C16H19N3O5S2/c1-10(2)14(19-26(23,24)13-8-5-9-25-13)16(22)18-17-15(21)11-6-3-4-7-12(11)20/h3-10,14,19-20H,1-2H3,(H,17,21)(H,18,22)/t14-/m1/s1. The fraction of sp³-hybridized carbons (Fsp3) is 0.250. The smallest absolute Gasteiger partial charge is 0.273 e. The van der Waals surface area contributed by atoms with E-state index in [1.54, 1.807) is 37.4 Å². The molecule has 0 aliphatic heterocycles. The van der Waals surface area contributed by atoms with Gasteiger partial charge in [-0.3, -0.25) is 20.4 Å². The van der Waals surface area contributed by atoms with E-state index >= 15 is 0 Å². The first-order chi connectivity index (χ1) is 12.2. The molecule has 2 aromatic rings. The Labute approximate surface area is 155 Å². The number of hydrogen-bond acceptors (Lipinski definition) is 6. The van der Waals surface area contributed by atoms with Gasteiger partial charge >= 0.3 is 0 Å². The van der Waals surface area contributed by atoms with Crippen molar-refractivity contribution in [2.45, 2.75) is 24.1 Å². The molecule has 4 N–H and O–H groups in total. The molecule has 0 bridgehead atoms. The number of benzene rings is 1. The molecule has 10 heteroatoms.